The fourth-order valence-electron chi connectivity index (χ4n) is 2.76. The third-order valence-corrected chi connectivity index (χ3v) is 3.84. The second-order valence-electron chi connectivity index (χ2n) is 5.20. The van der Waals surface area contributed by atoms with Gasteiger partial charge < -0.3 is 15.4 Å². The van der Waals surface area contributed by atoms with Crippen molar-refractivity contribution >= 4 is 11.9 Å². The number of benzene rings is 1. The summed E-state index contributed by atoms with van der Waals surface area (Å²) in [5.41, 5.74) is 0.919. The smallest absolute Gasteiger partial charge is 0.307 e. The molecule has 3 unspecified atom stereocenters. The first-order valence-corrected chi connectivity index (χ1v) is 7.51. The van der Waals surface area contributed by atoms with E-state index in [4.69, 9.17) is 15.2 Å². The molecular formula is C17H23NO6. The molecule has 0 radical (unpaired) electrons. The predicted octanol–water partition coefficient (Wildman–Crippen LogP) is 3.69. The van der Waals surface area contributed by atoms with Crippen LogP contribution < -0.4 is 0 Å². The summed E-state index contributed by atoms with van der Waals surface area (Å²) < 4.78 is 0. The van der Waals surface area contributed by atoms with E-state index in [1.54, 1.807) is 6.08 Å². The number of allylic oxidation sites excluding steroid dienone is 1. The minimum absolute atomic E-state index is 0.00212. The number of carboxylic acids is 2. The van der Waals surface area contributed by atoms with Crippen molar-refractivity contribution in [3.63, 3.8) is 0 Å². The van der Waals surface area contributed by atoms with Crippen molar-refractivity contribution in [3.8, 4) is 0 Å². The number of carboxylic acid groups (broad SMARTS) is 2. The second-order valence-corrected chi connectivity index (χ2v) is 5.20. The van der Waals surface area contributed by atoms with Crippen LogP contribution in [-0.4, -0.2) is 27.4 Å². The van der Waals surface area contributed by atoms with Crippen LogP contribution in [0.15, 0.2) is 48.3 Å². The van der Waals surface area contributed by atoms with Gasteiger partial charge in [0, 0.05) is 12.3 Å². The first-order chi connectivity index (χ1) is 11.4. The van der Waals surface area contributed by atoms with Gasteiger partial charge in [-0.15, -0.1) is 11.5 Å². The van der Waals surface area contributed by atoms with Crippen LogP contribution in [0.5, 0.6) is 0 Å². The monoisotopic (exact) mass is 337 g/mol. The first-order valence-electron chi connectivity index (χ1n) is 7.51. The fraction of sp³-hybridized carbons (Fsp3) is 0.412. The Morgan fingerprint density at radius 2 is 1.79 bits per heavy atom. The average molecular weight is 337 g/mol. The third-order valence-electron chi connectivity index (χ3n) is 3.84. The summed E-state index contributed by atoms with van der Waals surface area (Å²) in [4.78, 5) is 30.5. The van der Waals surface area contributed by atoms with E-state index in [2.05, 4.69) is 6.58 Å². The summed E-state index contributed by atoms with van der Waals surface area (Å²) >= 11 is 0. The Hall–Kier alpha value is -2.70. The zero-order chi connectivity index (χ0) is 18.5. The van der Waals surface area contributed by atoms with Gasteiger partial charge in [0.1, 0.15) is 0 Å². The number of rotatable bonds is 9. The van der Waals surface area contributed by atoms with Crippen molar-refractivity contribution < 1.29 is 25.0 Å². The lowest BCUT2D eigenvalue weighted by Crippen LogP contribution is -2.27. The Labute approximate surface area is 140 Å². The van der Waals surface area contributed by atoms with E-state index in [0.29, 0.717) is 0 Å². The highest BCUT2D eigenvalue weighted by molar-refractivity contribution is 5.73. The van der Waals surface area contributed by atoms with Crippen LogP contribution >= 0.6 is 0 Å². The van der Waals surface area contributed by atoms with Gasteiger partial charge in [0.2, 0.25) is 0 Å². The number of aliphatic carboxylic acids is 2. The normalized spacial score (nSPS) is 13.5. The number of carbonyl (C=O) groups is 2. The minimum atomic E-state index is -0.972. The lowest BCUT2D eigenvalue weighted by atomic mass is 9.74. The molecule has 0 aromatic heterocycles. The molecule has 0 bridgehead atoms. The van der Waals surface area contributed by atoms with E-state index in [1.165, 1.54) is 5.34 Å². The Balaban J connectivity index is 0.00000163. The summed E-state index contributed by atoms with van der Waals surface area (Å²) in [5, 5.41) is 26.3. The summed E-state index contributed by atoms with van der Waals surface area (Å²) in [5.74, 6) is -2.91. The molecule has 0 aliphatic heterocycles. The number of hydrogen-bond acceptors (Lipinski definition) is 4. The van der Waals surface area contributed by atoms with Gasteiger partial charge >= 0.3 is 11.9 Å². The maximum atomic E-state index is 11.6. The summed E-state index contributed by atoms with van der Waals surface area (Å²) in [6.45, 7) is 5.79. The highest BCUT2D eigenvalue weighted by Gasteiger charge is 2.33. The van der Waals surface area contributed by atoms with Crippen molar-refractivity contribution in [3.05, 3.63) is 53.5 Å². The van der Waals surface area contributed by atoms with Gasteiger partial charge in [0.25, 0.3) is 0 Å². The molecule has 3 N–H and O–H groups in total. The molecule has 3 atom stereocenters. The Morgan fingerprint density at radius 3 is 2.17 bits per heavy atom. The van der Waals surface area contributed by atoms with Gasteiger partial charge in [-0.05, 0) is 24.3 Å². The van der Waals surface area contributed by atoms with Gasteiger partial charge in [-0.25, -0.2) is 0 Å². The van der Waals surface area contributed by atoms with E-state index in [-0.39, 0.29) is 24.7 Å². The van der Waals surface area contributed by atoms with Crippen LogP contribution in [0.2, 0.25) is 0 Å². The fourth-order valence-corrected chi connectivity index (χ4v) is 2.76. The van der Waals surface area contributed by atoms with Crippen molar-refractivity contribution in [2.45, 2.75) is 32.1 Å². The quantitative estimate of drug-likeness (QED) is 0.358. The third kappa shape index (κ3) is 7.04. The molecule has 0 saturated carbocycles. The molecule has 0 fully saturated rings. The van der Waals surface area contributed by atoms with Crippen LogP contribution in [0.3, 0.4) is 0 Å². The largest absolute Gasteiger partial charge is 0.481 e. The molecule has 0 saturated heterocycles. The maximum absolute atomic E-state index is 11.6. The van der Waals surface area contributed by atoms with E-state index < -0.39 is 17.9 Å². The molecule has 1 aromatic rings. The number of nitrogens with zero attached hydrogens (tertiary/aromatic N) is 1. The molecule has 0 aliphatic rings. The molecule has 1 rings (SSSR count). The molecule has 0 aliphatic carbocycles. The van der Waals surface area contributed by atoms with Gasteiger partial charge in [-0.2, -0.15) is 0 Å². The van der Waals surface area contributed by atoms with E-state index >= 15 is 0 Å². The average Bonchev–Trinajstić information content (AvgIpc) is 2.55. The lowest BCUT2D eigenvalue weighted by molar-refractivity contribution is -0.144. The molecule has 0 spiro atoms. The zero-order valence-electron chi connectivity index (χ0n) is 13.5. The molecule has 7 nitrogen and oxygen atoms in total. The highest BCUT2D eigenvalue weighted by Crippen LogP contribution is 2.37. The van der Waals surface area contributed by atoms with E-state index in [9.17, 15) is 14.7 Å². The van der Waals surface area contributed by atoms with Crippen molar-refractivity contribution in [1.29, 1.82) is 0 Å². The van der Waals surface area contributed by atoms with Gasteiger partial charge in [0.05, 0.1) is 5.92 Å². The molecule has 24 heavy (non-hydrogen) atoms. The maximum Gasteiger partial charge on any atom is 0.307 e. The minimum Gasteiger partial charge on any atom is -0.481 e. The Bertz CT molecular complexity index is 531. The van der Waals surface area contributed by atoms with Crippen LogP contribution in [0.1, 0.15) is 37.7 Å². The van der Waals surface area contributed by atoms with Gasteiger partial charge in [0.15, 0.2) is 5.34 Å². The predicted molar refractivity (Wildman–Crippen MR) is 88.7 cm³/mol. The van der Waals surface area contributed by atoms with Crippen molar-refractivity contribution in [2.24, 2.45) is 17.2 Å². The zero-order valence-corrected chi connectivity index (χ0v) is 13.5. The summed E-state index contributed by atoms with van der Waals surface area (Å²) in [6.07, 6.45) is 2.51. The molecule has 0 amide bonds. The highest BCUT2D eigenvalue weighted by atomic mass is 16.6. The Kier molecular flexibility index (Phi) is 10.5. The topological polar surface area (TPSA) is 124 Å². The van der Waals surface area contributed by atoms with Crippen LogP contribution in [0.4, 0.5) is 0 Å². The van der Waals surface area contributed by atoms with Crippen LogP contribution in [0, 0.1) is 16.7 Å². The van der Waals surface area contributed by atoms with E-state index in [1.807, 2.05) is 37.3 Å². The van der Waals surface area contributed by atoms with E-state index in [0.717, 1.165) is 12.0 Å². The summed E-state index contributed by atoms with van der Waals surface area (Å²) in [7, 11) is 0. The second kappa shape index (κ2) is 11.8. The van der Waals surface area contributed by atoms with Gasteiger partial charge in [-0.3, -0.25) is 9.59 Å². The molecule has 132 valence electrons. The SMILES string of the molecule is C=CC(CC)C(c1ccccc1)C(CCC(=O)O)C(=O)O.O=NO. The summed E-state index contributed by atoms with van der Waals surface area (Å²) in [6, 6.07) is 9.41. The number of hydrogen-bond donors (Lipinski definition) is 3. The molecule has 7 heteroatoms. The van der Waals surface area contributed by atoms with Crippen LogP contribution in [-0.2, 0) is 9.59 Å². The molecule has 0 heterocycles. The lowest BCUT2D eigenvalue weighted by Gasteiger charge is -2.29. The Morgan fingerprint density at radius 1 is 1.25 bits per heavy atom. The van der Waals surface area contributed by atoms with Crippen LogP contribution in [0.25, 0.3) is 0 Å². The van der Waals surface area contributed by atoms with Gasteiger partial charge in [-0.1, -0.05) is 43.3 Å². The molecule has 1 aromatic carbocycles. The van der Waals surface area contributed by atoms with Crippen molar-refractivity contribution in [1.82, 2.24) is 0 Å². The molecular weight excluding hydrogens is 314 g/mol. The first kappa shape index (κ1) is 21.3. The standard InChI is InChI=1S/C17H22O4.HNO2/c1-3-12(4-2)16(13-8-6-5-7-9-13)14(17(20)21)10-11-15(18)19;2-1-3/h3,5-9,12,14,16H,1,4,10-11H2,2H3,(H,18,19)(H,20,21);(H,2,3). The van der Waals surface area contributed by atoms with Crippen molar-refractivity contribution in [2.75, 3.05) is 0 Å².